The summed E-state index contributed by atoms with van der Waals surface area (Å²) < 4.78 is 21.7. The smallest absolute Gasteiger partial charge is 0.186 e. The third-order valence-corrected chi connectivity index (χ3v) is 6.54. The van der Waals surface area contributed by atoms with E-state index in [1.165, 1.54) is 17.7 Å². The van der Waals surface area contributed by atoms with E-state index < -0.39 is 14.4 Å². The van der Waals surface area contributed by atoms with E-state index in [1.807, 2.05) is 19.2 Å². The third-order valence-electron chi connectivity index (χ3n) is 5.59. The number of hydrogen-bond acceptors (Lipinski definition) is 3. The maximum absolute atomic E-state index is 13.4. The third kappa shape index (κ3) is 4.90. The molecule has 0 aliphatic heterocycles. The van der Waals surface area contributed by atoms with Gasteiger partial charge in [0.25, 0.3) is 0 Å². The van der Waals surface area contributed by atoms with Crippen LogP contribution in [0.3, 0.4) is 0 Å². The van der Waals surface area contributed by atoms with E-state index in [2.05, 4.69) is 61.5 Å². The minimum Gasteiger partial charge on any atom is -0.399 e. The van der Waals surface area contributed by atoms with E-state index in [0.717, 1.165) is 39.0 Å². The summed E-state index contributed by atoms with van der Waals surface area (Å²) in [5, 5.41) is 11.0. The molecule has 2 aromatic heterocycles. The molecule has 0 N–H and O–H groups in total. The number of pyridine rings is 1. The second-order valence-corrected chi connectivity index (χ2v) is 13.9. The lowest BCUT2D eigenvalue weighted by atomic mass is 9.93. The van der Waals surface area contributed by atoms with Gasteiger partial charge in [0, 0.05) is 34.9 Å². The van der Waals surface area contributed by atoms with Crippen molar-refractivity contribution in [3.8, 4) is 17.2 Å². The summed E-state index contributed by atoms with van der Waals surface area (Å²) in [7, 11) is -1.98. The molecule has 2 heterocycles. The van der Waals surface area contributed by atoms with Crippen LogP contribution in [0, 0.1) is 31.0 Å². The van der Waals surface area contributed by atoms with Crippen molar-refractivity contribution in [2.45, 2.75) is 46.1 Å². The van der Waals surface area contributed by atoms with Gasteiger partial charge >= 0.3 is 0 Å². The van der Waals surface area contributed by atoms with Crippen LogP contribution in [0.25, 0.3) is 22.2 Å². The Bertz CT molecular complexity index is 1330. The first-order chi connectivity index (χ1) is 15.7. The minimum absolute atomic E-state index is 0.249. The average Bonchev–Trinajstić information content (AvgIpc) is 3.15. The number of halogens is 1. The van der Waals surface area contributed by atoms with E-state index in [0.29, 0.717) is 6.54 Å². The molecule has 1 unspecified atom stereocenters. The van der Waals surface area contributed by atoms with Crippen LogP contribution in [0.1, 0.15) is 28.5 Å². The van der Waals surface area contributed by atoms with Gasteiger partial charge in [-0.05, 0) is 62.8 Å². The molecule has 0 fully saturated rings. The first-order valence-electron chi connectivity index (χ1n) is 11.0. The van der Waals surface area contributed by atoms with Crippen LogP contribution < -0.4 is 0 Å². The lowest BCUT2D eigenvalue weighted by Crippen LogP contribution is -2.28. The van der Waals surface area contributed by atoms with Crippen LogP contribution in [0.4, 0.5) is 4.39 Å². The Hall–Kier alpha value is -3.27. The highest BCUT2D eigenvalue weighted by molar-refractivity contribution is 6.69. The molecule has 168 valence electrons. The molecule has 4 aromatic rings. The van der Waals surface area contributed by atoms with Gasteiger partial charge in [0.2, 0.25) is 0 Å². The number of rotatable bonds is 6. The second kappa shape index (κ2) is 8.93. The molecule has 0 radical (unpaired) electrons. The summed E-state index contributed by atoms with van der Waals surface area (Å²) in [5.74, 6) is -0.249. The number of aryl methyl sites for hydroxylation is 2. The van der Waals surface area contributed by atoms with E-state index in [9.17, 15) is 9.65 Å². The largest absolute Gasteiger partial charge is 0.399 e. The molecule has 0 bridgehead atoms. The van der Waals surface area contributed by atoms with Crippen LogP contribution in [0.2, 0.25) is 19.6 Å². The molecule has 0 spiro atoms. The summed E-state index contributed by atoms with van der Waals surface area (Å²) in [4.78, 5) is 4.93. The molecule has 0 saturated carbocycles. The molecule has 33 heavy (non-hydrogen) atoms. The first-order valence-corrected chi connectivity index (χ1v) is 14.5. The fraction of sp³-hybridized carbons (Fsp3) is 0.259. The van der Waals surface area contributed by atoms with E-state index in [4.69, 9.17) is 9.41 Å². The Morgan fingerprint density at radius 3 is 2.30 bits per heavy atom. The van der Waals surface area contributed by atoms with E-state index >= 15 is 0 Å². The number of nitrogens with zero attached hydrogens (tertiary/aromatic N) is 3. The van der Waals surface area contributed by atoms with Crippen molar-refractivity contribution < 1.29 is 8.82 Å². The van der Waals surface area contributed by atoms with Gasteiger partial charge in [-0.15, -0.1) is 0 Å². The Morgan fingerprint density at radius 1 is 1.03 bits per heavy atom. The fourth-order valence-electron chi connectivity index (χ4n) is 4.10. The number of nitriles is 1. The highest BCUT2D eigenvalue weighted by Gasteiger charge is 2.28. The molecule has 4 nitrogen and oxygen atoms in total. The van der Waals surface area contributed by atoms with Gasteiger partial charge in [0.05, 0.1) is 6.07 Å². The standard InChI is InChI=1S/C27H28FN3OSi/c1-18-6-10-21(11-7-18)26-23-14-15-31(17-20-8-12-22(28)13-9-20)27(23)30-19(2)25(26)24(16-29)32-33(3,4)5/h6-15,24H,17H2,1-5H3. The van der Waals surface area contributed by atoms with Crippen molar-refractivity contribution in [3.63, 3.8) is 0 Å². The molecular weight excluding hydrogens is 429 g/mol. The maximum Gasteiger partial charge on any atom is 0.186 e. The van der Waals surface area contributed by atoms with Crippen LogP contribution in [-0.4, -0.2) is 17.9 Å². The number of hydrogen-bond donors (Lipinski definition) is 0. The lowest BCUT2D eigenvalue weighted by Gasteiger charge is -2.25. The Balaban J connectivity index is 1.93. The van der Waals surface area contributed by atoms with Gasteiger partial charge < -0.3 is 8.99 Å². The second-order valence-electron chi connectivity index (χ2n) is 9.40. The van der Waals surface area contributed by atoms with Crippen molar-refractivity contribution in [3.05, 3.63) is 89.0 Å². The van der Waals surface area contributed by atoms with Gasteiger partial charge in [-0.25, -0.2) is 9.37 Å². The van der Waals surface area contributed by atoms with Gasteiger partial charge in [-0.2, -0.15) is 5.26 Å². The number of fused-ring (bicyclic) bond motifs is 1. The van der Waals surface area contributed by atoms with Crippen LogP contribution in [0.5, 0.6) is 0 Å². The van der Waals surface area contributed by atoms with Crippen molar-refractivity contribution in [2.24, 2.45) is 0 Å². The van der Waals surface area contributed by atoms with Gasteiger partial charge in [0.15, 0.2) is 14.4 Å². The lowest BCUT2D eigenvalue weighted by molar-refractivity contribution is 0.254. The normalized spacial score (nSPS) is 12.6. The van der Waals surface area contributed by atoms with Crippen LogP contribution >= 0.6 is 0 Å². The summed E-state index contributed by atoms with van der Waals surface area (Å²) in [6.45, 7) is 10.8. The van der Waals surface area contributed by atoms with E-state index in [-0.39, 0.29) is 5.82 Å². The van der Waals surface area contributed by atoms with Crippen molar-refractivity contribution in [2.75, 3.05) is 0 Å². The summed E-state index contributed by atoms with van der Waals surface area (Å²) in [5.41, 5.74) is 6.63. The summed E-state index contributed by atoms with van der Waals surface area (Å²) in [6.07, 6.45) is 1.31. The van der Waals surface area contributed by atoms with Gasteiger partial charge in [0.1, 0.15) is 11.5 Å². The number of aromatic nitrogens is 2. The molecule has 4 rings (SSSR count). The average molecular weight is 458 g/mol. The summed E-state index contributed by atoms with van der Waals surface area (Å²) >= 11 is 0. The van der Waals surface area contributed by atoms with E-state index in [1.54, 1.807) is 12.1 Å². The summed E-state index contributed by atoms with van der Waals surface area (Å²) in [6, 6.07) is 19.3. The highest BCUT2D eigenvalue weighted by Crippen LogP contribution is 2.39. The topological polar surface area (TPSA) is 50.8 Å². The Morgan fingerprint density at radius 2 is 1.70 bits per heavy atom. The van der Waals surface area contributed by atoms with Gasteiger partial charge in [-0.3, -0.25) is 0 Å². The van der Waals surface area contributed by atoms with Crippen LogP contribution in [-0.2, 0) is 11.0 Å². The minimum atomic E-state index is -1.98. The Labute approximate surface area is 195 Å². The molecule has 0 aliphatic carbocycles. The molecular formula is C27H28FN3OSi. The van der Waals surface area contributed by atoms with Crippen molar-refractivity contribution in [1.82, 2.24) is 9.55 Å². The molecule has 0 amide bonds. The van der Waals surface area contributed by atoms with Gasteiger partial charge in [-0.1, -0.05) is 42.0 Å². The monoisotopic (exact) mass is 457 g/mol. The van der Waals surface area contributed by atoms with Crippen molar-refractivity contribution in [1.29, 1.82) is 5.26 Å². The Kier molecular flexibility index (Phi) is 6.20. The van der Waals surface area contributed by atoms with Crippen LogP contribution in [0.15, 0.2) is 60.8 Å². The highest BCUT2D eigenvalue weighted by atomic mass is 28.4. The molecule has 2 aromatic carbocycles. The zero-order valence-electron chi connectivity index (χ0n) is 19.7. The zero-order chi connectivity index (χ0) is 23.8. The SMILES string of the molecule is Cc1ccc(-c2c(C(C#N)O[Si](C)(C)C)c(C)nc3c2ccn3Cc2ccc(F)cc2)cc1. The van der Waals surface area contributed by atoms with Crippen molar-refractivity contribution >= 4 is 19.4 Å². The molecule has 1 atom stereocenters. The zero-order valence-corrected chi connectivity index (χ0v) is 20.7. The molecule has 0 saturated heterocycles. The predicted octanol–water partition coefficient (Wildman–Crippen LogP) is 6.92. The first kappa shape index (κ1) is 22.9. The predicted molar refractivity (Wildman–Crippen MR) is 133 cm³/mol. The molecule has 6 heteroatoms. The number of benzene rings is 2. The fourth-order valence-corrected chi connectivity index (χ4v) is 4.98. The quantitative estimate of drug-likeness (QED) is 0.295. The maximum atomic E-state index is 13.4. The molecule has 0 aliphatic rings.